The van der Waals surface area contributed by atoms with Gasteiger partial charge in [-0.1, -0.05) is 0 Å². The van der Waals surface area contributed by atoms with Crippen LogP contribution in [0.15, 0.2) is 24.0 Å². The molecule has 3 rings (SSSR count). The van der Waals surface area contributed by atoms with Gasteiger partial charge >= 0.3 is 0 Å². The monoisotopic (exact) mass is 262 g/mol. The van der Waals surface area contributed by atoms with E-state index in [1.165, 1.54) is 4.88 Å². The molecular weight excluding hydrogens is 252 g/mol. The summed E-state index contributed by atoms with van der Waals surface area (Å²) in [6, 6.07) is 2.04. The van der Waals surface area contributed by atoms with Crippen LogP contribution in [-0.2, 0) is 6.54 Å². The Hall–Kier alpha value is -1.53. The van der Waals surface area contributed by atoms with Crippen LogP contribution < -0.4 is 5.32 Å². The lowest BCUT2D eigenvalue weighted by atomic mass is 10.4. The molecule has 0 unspecified atom stereocenters. The quantitative estimate of drug-likeness (QED) is 0.788. The lowest BCUT2D eigenvalue weighted by molar-refractivity contribution is 1.07. The molecule has 1 N–H and O–H groups in total. The average Bonchev–Trinajstić information content (AvgIpc) is 2.94. The summed E-state index contributed by atoms with van der Waals surface area (Å²) in [5.41, 5.74) is 0. The summed E-state index contributed by atoms with van der Waals surface area (Å²) in [4.78, 5) is 15.0. The lowest BCUT2D eigenvalue weighted by Gasteiger charge is -2.03. The van der Waals surface area contributed by atoms with E-state index < -0.39 is 0 Å². The van der Waals surface area contributed by atoms with Gasteiger partial charge in [-0.15, -0.1) is 22.7 Å². The minimum Gasteiger partial charge on any atom is -0.363 e. The standard InChI is InChI=1S/C11H10N4S2/c1-7-4-12-9(17-7)5-13-10-8-2-3-16-11(8)15-6-14-10/h2-4,6H,5H2,1H3,(H,13,14,15). The first-order chi connectivity index (χ1) is 8.33. The Labute approximate surface area is 106 Å². The number of aryl methyl sites for hydroxylation is 1. The number of hydrogen-bond donors (Lipinski definition) is 1. The summed E-state index contributed by atoms with van der Waals surface area (Å²) < 4.78 is 0. The number of nitrogens with one attached hydrogen (secondary N) is 1. The summed E-state index contributed by atoms with van der Waals surface area (Å²) in [5.74, 6) is 0.879. The summed E-state index contributed by atoms with van der Waals surface area (Å²) in [7, 11) is 0. The van der Waals surface area contributed by atoms with E-state index in [4.69, 9.17) is 0 Å². The number of aromatic nitrogens is 3. The fourth-order valence-corrected chi connectivity index (χ4v) is 3.03. The number of nitrogens with zero attached hydrogens (tertiary/aromatic N) is 3. The predicted octanol–water partition coefficient (Wildman–Crippen LogP) is 3.07. The van der Waals surface area contributed by atoms with E-state index in [1.807, 2.05) is 17.6 Å². The molecule has 86 valence electrons. The third-order valence-electron chi connectivity index (χ3n) is 2.34. The SMILES string of the molecule is Cc1cnc(CNc2ncnc3sccc23)s1. The number of fused-ring (bicyclic) bond motifs is 1. The van der Waals surface area contributed by atoms with Crippen LogP contribution in [0.3, 0.4) is 0 Å². The molecule has 0 fully saturated rings. The lowest BCUT2D eigenvalue weighted by Crippen LogP contribution is -2.01. The Kier molecular flexibility index (Phi) is 2.74. The maximum Gasteiger partial charge on any atom is 0.138 e. The van der Waals surface area contributed by atoms with Gasteiger partial charge < -0.3 is 5.32 Å². The Morgan fingerprint density at radius 2 is 2.24 bits per heavy atom. The van der Waals surface area contributed by atoms with Crippen molar-refractivity contribution >= 4 is 38.7 Å². The largest absolute Gasteiger partial charge is 0.363 e. The Morgan fingerprint density at radius 3 is 3.06 bits per heavy atom. The summed E-state index contributed by atoms with van der Waals surface area (Å²) in [6.45, 7) is 2.77. The zero-order chi connectivity index (χ0) is 11.7. The van der Waals surface area contributed by atoms with Gasteiger partial charge in [-0.25, -0.2) is 15.0 Å². The first-order valence-electron chi connectivity index (χ1n) is 5.16. The van der Waals surface area contributed by atoms with Crippen LogP contribution in [0.25, 0.3) is 10.2 Å². The van der Waals surface area contributed by atoms with E-state index in [9.17, 15) is 0 Å². The first-order valence-corrected chi connectivity index (χ1v) is 6.86. The van der Waals surface area contributed by atoms with Gasteiger partial charge in [0.25, 0.3) is 0 Å². The Balaban J connectivity index is 1.83. The molecular formula is C11H10N4S2. The molecule has 0 atom stereocenters. The molecule has 0 saturated heterocycles. The highest BCUT2D eigenvalue weighted by Gasteiger charge is 2.05. The van der Waals surface area contributed by atoms with Crippen molar-refractivity contribution in [1.82, 2.24) is 15.0 Å². The zero-order valence-electron chi connectivity index (χ0n) is 9.17. The van der Waals surface area contributed by atoms with Gasteiger partial charge in [-0.2, -0.15) is 0 Å². The second kappa shape index (κ2) is 4.38. The molecule has 0 aliphatic rings. The smallest absolute Gasteiger partial charge is 0.138 e. The molecule has 0 bridgehead atoms. The van der Waals surface area contributed by atoms with Crippen molar-refractivity contribution in [1.29, 1.82) is 0 Å². The molecule has 3 aromatic rings. The van der Waals surface area contributed by atoms with Crippen LogP contribution in [0.2, 0.25) is 0 Å². The van der Waals surface area contributed by atoms with Crippen LogP contribution in [-0.4, -0.2) is 15.0 Å². The normalized spacial score (nSPS) is 10.9. The zero-order valence-corrected chi connectivity index (χ0v) is 10.8. The van der Waals surface area contributed by atoms with Gasteiger partial charge in [-0.3, -0.25) is 0 Å². The molecule has 0 saturated carbocycles. The van der Waals surface area contributed by atoms with Crippen molar-refractivity contribution in [3.63, 3.8) is 0 Å². The third-order valence-corrected chi connectivity index (χ3v) is 4.07. The maximum atomic E-state index is 4.31. The van der Waals surface area contributed by atoms with E-state index in [2.05, 4.69) is 27.2 Å². The summed E-state index contributed by atoms with van der Waals surface area (Å²) in [5, 5.41) is 7.48. The number of anilines is 1. The predicted molar refractivity (Wildman–Crippen MR) is 71.6 cm³/mol. The number of thiazole rings is 1. The molecule has 4 nitrogen and oxygen atoms in total. The molecule has 3 heterocycles. The van der Waals surface area contributed by atoms with E-state index in [1.54, 1.807) is 29.0 Å². The molecule has 0 radical (unpaired) electrons. The van der Waals surface area contributed by atoms with Crippen LogP contribution in [0, 0.1) is 6.92 Å². The maximum absolute atomic E-state index is 4.31. The van der Waals surface area contributed by atoms with Gasteiger partial charge in [0, 0.05) is 11.1 Å². The van der Waals surface area contributed by atoms with E-state index >= 15 is 0 Å². The van der Waals surface area contributed by atoms with Gasteiger partial charge in [0.2, 0.25) is 0 Å². The fourth-order valence-electron chi connectivity index (χ4n) is 1.57. The van der Waals surface area contributed by atoms with Crippen LogP contribution >= 0.6 is 22.7 Å². The van der Waals surface area contributed by atoms with Crippen molar-refractivity contribution in [2.75, 3.05) is 5.32 Å². The number of rotatable bonds is 3. The molecule has 0 spiro atoms. The highest BCUT2D eigenvalue weighted by Crippen LogP contribution is 2.24. The Morgan fingerprint density at radius 1 is 1.29 bits per heavy atom. The minimum atomic E-state index is 0.709. The molecule has 3 aromatic heterocycles. The number of hydrogen-bond acceptors (Lipinski definition) is 6. The molecule has 17 heavy (non-hydrogen) atoms. The van der Waals surface area contributed by atoms with Crippen molar-refractivity contribution in [2.45, 2.75) is 13.5 Å². The van der Waals surface area contributed by atoms with Gasteiger partial charge in [0.1, 0.15) is 22.0 Å². The molecule has 0 aliphatic heterocycles. The molecule has 0 aromatic carbocycles. The fraction of sp³-hybridized carbons (Fsp3) is 0.182. The van der Waals surface area contributed by atoms with Gasteiger partial charge in [-0.05, 0) is 18.4 Å². The molecule has 6 heteroatoms. The highest BCUT2D eigenvalue weighted by atomic mass is 32.1. The third kappa shape index (κ3) is 2.13. The van der Waals surface area contributed by atoms with Crippen LogP contribution in [0.4, 0.5) is 5.82 Å². The van der Waals surface area contributed by atoms with Gasteiger partial charge in [0.05, 0.1) is 11.9 Å². The van der Waals surface area contributed by atoms with Crippen molar-refractivity contribution in [2.24, 2.45) is 0 Å². The molecule has 0 amide bonds. The van der Waals surface area contributed by atoms with E-state index in [-0.39, 0.29) is 0 Å². The second-order valence-electron chi connectivity index (χ2n) is 3.58. The summed E-state index contributed by atoms with van der Waals surface area (Å²) in [6.07, 6.45) is 3.48. The molecule has 0 aliphatic carbocycles. The average molecular weight is 262 g/mol. The highest BCUT2D eigenvalue weighted by molar-refractivity contribution is 7.16. The van der Waals surface area contributed by atoms with Crippen LogP contribution in [0.5, 0.6) is 0 Å². The Bertz CT molecular complexity index is 644. The summed E-state index contributed by atoms with van der Waals surface area (Å²) >= 11 is 3.32. The van der Waals surface area contributed by atoms with E-state index in [0.717, 1.165) is 21.0 Å². The van der Waals surface area contributed by atoms with Crippen LogP contribution in [0.1, 0.15) is 9.88 Å². The van der Waals surface area contributed by atoms with E-state index in [0.29, 0.717) is 6.54 Å². The topological polar surface area (TPSA) is 50.7 Å². The van der Waals surface area contributed by atoms with Gasteiger partial charge in [0.15, 0.2) is 0 Å². The second-order valence-corrected chi connectivity index (χ2v) is 5.79. The van der Waals surface area contributed by atoms with Crippen molar-refractivity contribution in [3.05, 3.63) is 33.9 Å². The first kappa shape index (κ1) is 10.6. The van der Waals surface area contributed by atoms with Crippen molar-refractivity contribution < 1.29 is 0 Å². The number of thiophene rings is 1. The van der Waals surface area contributed by atoms with Crippen molar-refractivity contribution in [3.8, 4) is 0 Å². The minimum absolute atomic E-state index is 0.709.